The molecule has 1 aromatic heterocycles. The molecule has 0 atom stereocenters. The van der Waals surface area contributed by atoms with Gasteiger partial charge in [-0.2, -0.15) is 0 Å². The minimum atomic E-state index is -0.0167. The molecule has 0 aliphatic carbocycles. The molecule has 4 rings (SSSR count). The number of carbonyl (C=O) groups excluding carboxylic acids is 1. The van der Waals surface area contributed by atoms with Crippen molar-refractivity contribution in [3.8, 4) is 21.6 Å². The van der Waals surface area contributed by atoms with E-state index in [0.717, 1.165) is 34.7 Å². The molecule has 2 N–H and O–H groups in total. The number of anilines is 1. The number of benzene rings is 2. The summed E-state index contributed by atoms with van der Waals surface area (Å²) in [5.74, 6) is -0.0167. The Balaban J connectivity index is 1.85. The van der Waals surface area contributed by atoms with Crippen LogP contribution in [-0.4, -0.2) is 48.9 Å². The third kappa shape index (κ3) is 4.14. The van der Waals surface area contributed by atoms with Gasteiger partial charge in [0, 0.05) is 46.7 Å². The van der Waals surface area contributed by atoms with Crippen LogP contribution in [0.1, 0.15) is 10.4 Å². The Labute approximate surface area is 184 Å². The highest BCUT2D eigenvalue weighted by molar-refractivity contribution is 7.20. The molecule has 150 valence electrons. The Hall–Kier alpha value is -2.05. The first-order chi connectivity index (χ1) is 13.9. The Kier molecular flexibility index (Phi) is 5.83. The van der Waals surface area contributed by atoms with E-state index in [4.69, 9.17) is 28.9 Å². The van der Waals surface area contributed by atoms with E-state index in [1.807, 2.05) is 53.4 Å². The zero-order chi connectivity index (χ0) is 20.5. The van der Waals surface area contributed by atoms with E-state index in [1.54, 1.807) is 0 Å². The molecule has 0 bridgehead atoms. The lowest BCUT2D eigenvalue weighted by Crippen LogP contribution is -2.47. The maximum absolute atomic E-state index is 13.5. The number of halogens is 2. The molecule has 7 heteroatoms. The zero-order valence-electron chi connectivity index (χ0n) is 16.0. The standard InChI is InChI=1S/C22H21Cl2N3OS/c1-26-10-12-27(13-11-26)22(28)19-18(14-2-6-16(23)7-3-14)20(29-21(19)25)15-4-8-17(24)9-5-15/h2-9H,10-13,25H2,1H3. The number of rotatable bonds is 3. The normalized spacial score (nSPS) is 14.9. The zero-order valence-corrected chi connectivity index (χ0v) is 18.3. The van der Waals surface area contributed by atoms with Gasteiger partial charge >= 0.3 is 0 Å². The first-order valence-electron chi connectivity index (χ1n) is 9.36. The molecule has 29 heavy (non-hydrogen) atoms. The molecule has 1 saturated heterocycles. The fraction of sp³-hybridized carbons (Fsp3) is 0.227. The summed E-state index contributed by atoms with van der Waals surface area (Å²) in [4.78, 5) is 18.5. The lowest BCUT2D eigenvalue weighted by Gasteiger charge is -2.32. The quantitative estimate of drug-likeness (QED) is 0.590. The lowest BCUT2D eigenvalue weighted by molar-refractivity contribution is 0.0666. The third-order valence-electron chi connectivity index (χ3n) is 5.18. The smallest absolute Gasteiger partial charge is 0.257 e. The summed E-state index contributed by atoms with van der Waals surface area (Å²) in [6.07, 6.45) is 0. The van der Waals surface area contributed by atoms with E-state index >= 15 is 0 Å². The van der Waals surface area contributed by atoms with Crippen LogP contribution in [0.15, 0.2) is 48.5 Å². The summed E-state index contributed by atoms with van der Waals surface area (Å²) >= 11 is 13.6. The number of amides is 1. The van der Waals surface area contributed by atoms with Crippen LogP contribution in [0.2, 0.25) is 10.0 Å². The first kappa shape index (κ1) is 20.2. The van der Waals surface area contributed by atoms with Crippen LogP contribution in [0.3, 0.4) is 0 Å². The van der Waals surface area contributed by atoms with Crippen LogP contribution in [0.4, 0.5) is 5.00 Å². The number of hydrogen-bond acceptors (Lipinski definition) is 4. The molecule has 0 saturated carbocycles. The van der Waals surface area contributed by atoms with E-state index < -0.39 is 0 Å². The van der Waals surface area contributed by atoms with Crippen molar-refractivity contribution in [2.24, 2.45) is 0 Å². The monoisotopic (exact) mass is 445 g/mol. The number of thiophene rings is 1. The fourth-order valence-electron chi connectivity index (χ4n) is 3.53. The number of nitrogen functional groups attached to an aromatic ring is 1. The van der Waals surface area contributed by atoms with Gasteiger partial charge in [0.15, 0.2) is 0 Å². The summed E-state index contributed by atoms with van der Waals surface area (Å²) in [6.45, 7) is 3.11. The Bertz CT molecular complexity index is 1020. The van der Waals surface area contributed by atoms with Crippen LogP contribution < -0.4 is 5.73 Å². The molecule has 4 nitrogen and oxygen atoms in total. The average molecular weight is 446 g/mol. The minimum Gasteiger partial charge on any atom is -0.390 e. The van der Waals surface area contributed by atoms with E-state index in [2.05, 4.69) is 11.9 Å². The summed E-state index contributed by atoms with van der Waals surface area (Å²) in [6, 6.07) is 15.1. The largest absolute Gasteiger partial charge is 0.390 e. The van der Waals surface area contributed by atoms with Crippen LogP contribution in [-0.2, 0) is 0 Å². The van der Waals surface area contributed by atoms with Gasteiger partial charge in [0.25, 0.3) is 5.91 Å². The van der Waals surface area contributed by atoms with Gasteiger partial charge in [-0.3, -0.25) is 4.79 Å². The van der Waals surface area contributed by atoms with Crippen molar-refractivity contribution in [2.75, 3.05) is 39.0 Å². The second-order valence-corrected chi connectivity index (χ2v) is 9.08. The van der Waals surface area contributed by atoms with Crippen molar-refractivity contribution in [1.29, 1.82) is 0 Å². The molecular formula is C22H21Cl2N3OS. The van der Waals surface area contributed by atoms with Gasteiger partial charge in [-0.05, 0) is 42.4 Å². The van der Waals surface area contributed by atoms with Gasteiger partial charge in [0.2, 0.25) is 0 Å². The number of carbonyl (C=O) groups is 1. The number of nitrogens with two attached hydrogens (primary N) is 1. The van der Waals surface area contributed by atoms with Gasteiger partial charge in [-0.25, -0.2) is 0 Å². The summed E-state index contributed by atoms with van der Waals surface area (Å²) in [7, 11) is 2.07. The average Bonchev–Trinajstić information content (AvgIpc) is 3.06. The molecular weight excluding hydrogens is 425 g/mol. The first-order valence-corrected chi connectivity index (χ1v) is 10.9. The molecule has 1 aliphatic rings. The highest BCUT2D eigenvalue weighted by Crippen LogP contribution is 2.45. The van der Waals surface area contributed by atoms with E-state index in [0.29, 0.717) is 33.7 Å². The number of likely N-dealkylation sites (N-methyl/N-ethyl adjacent to an activating group) is 1. The van der Waals surface area contributed by atoms with Crippen molar-refractivity contribution in [2.45, 2.75) is 0 Å². The topological polar surface area (TPSA) is 49.6 Å². The fourth-order valence-corrected chi connectivity index (χ4v) is 4.86. The second kappa shape index (κ2) is 8.36. The van der Waals surface area contributed by atoms with Crippen molar-refractivity contribution in [3.05, 3.63) is 64.1 Å². The Morgan fingerprint density at radius 2 is 1.41 bits per heavy atom. The number of piperazine rings is 1. The highest BCUT2D eigenvalue weighted by Gasteiger charge is 2.29. The van der Waals surface area contributed by atoms with Gasteiger partial charge in [-0.1, -0.05) is 47.5 Å². The van der Waals surface area contributed by atoms with E-state index in [1.165, 1.54) is 11.3 Å². The lowest BCUT2D eigenvalue weighted by atomic mass is 9.97. The molecule has 2 heterocycles. The maximum Gasteiger partial charge on any atom is 0.257 e. The molecule has 3 aromatic rings. The maximum atomic E-state index is 13.5. The van der Waals surface area contributed by atoms with Gasteiger partial charge < -0.3 is 15.5 Å². The van der Waals surface area contributed by atoms with Crippen molar-refractivity contribution >= 4 is 45.4 Å². The van der Waals surface area contributed by atoms with Crippen LogP contribution in [0.5, 0.6) is 0 Å². The molecule has 1 fully saturated rings. The van der Waals surface area contributed by atoms with Crippen molar-refractivity contribution in [1.82, 2.24) is 9.80 Å². The summed E-state index contributed by atoms with van der Waals surface area (Å²) in [5.41, 5.74) is 9.75. The minimum absolute atomic E-state index is 0.0167. The number of nitrogens with zero attached hydrogens (tertiary/aromatic N) is 2. The molecule has 0 unspecified atom stereocenters. The van der Waals surface area contributed by atoms with Crippen LogP contribution in [0.25, 0.3) is 21.6 Å². The van der Waals surface area contributed by atoms with E-state index in [9.17, 15) is 4.79 Å². The molecule has 2 aromatic carbocycles. The second-order valence-electron chi connectivity index (χ2n) is 7.15. The van der Waals surface area contributed by atoms with Crippen molar-refractivity contribution < 1.29 is 4.79 Å². The third-order valence-corrected chi connectivity index (χ3v) is 6.75. The molecule has 0 radical (unpaired) electrons. The predicted molar refractivity (Wildman–Crippen MR) is 123 cm³/mol. The molecule has 0 spiro atoms. The summed E-state index contributed by atoms with van der Waals surface area (Å²) in [5, 5.41) is 1.85. The van der Waals surface area contributed by atoms with Crippen LogP contribution in [0, 0.1) is 0 Å². The highest BCUT2D eigenvalue weighted by atomic mass is 35.5. The van der Waals surface area contributed by atoms with Gasteiger partial charge in [-0.15, -0.1) is 11.3 Å². The molecule has 1 aliphatic heterocycles. The molecule has 1 amide bonds. The Morgan fingerprint density at radius 1 is 0.897 bits per heavy atom. The summed E-state index contributed by atoms with van der Waals surface area (Å²) < 4.78 is 0. The van der Waals surface area contributed by atoms with Crippen molar-refractivity contribution in [3.63, 3.8) is 0 Å². The SMILES string of the molecule is CN1CCN(C(=O)c2c(N)sc(-c3ccc(Cl)cc3)c2-c2ccc(Cl)cc2)CC1. The number of hydrogen-bond donors (Lipinski definition) is 1. The predicted octanol–water partition coefficient (Wildman–Crippen LogP) is 5.36. The van der Waals surface area contributed by atoms with Gasteiger partial charge in [0.05, 0.1) is 10.6 Å². The van der Waals surface area contributed by atoms with Gasteiger partial charge in [0.1, 0.15) is 0 Å². The Morgan fingerprint density at radius 3 is 1.97 bits per heavy atom. The van der Waals surface area contributed by atoms with Crippen LogP contribution >= 0.6 is 34.5 Å². The van der Waals surface area contributed by atoms with E-state index in [-0.39, 0.29) is 5.91 Å².